The number of hydrogen-bond donors (Lipinski definition) is 2. The number of ether oxygens (including phenoxy) is 2. The van der Waals surface area contributed by atoms with E-state index in [2.05, 4.69) is 10.6 Å². The lowest BCUT2D eigenvalue weighted by Gasteiger charge is -2.12. The third kappa shape index (κ3) is 4.67. The van der Waals surface area contributed by atoms with Crippen LogP contribution in [0, 0.1) is 0 Å². The number of hydrogen-bond acceptors (Lipinski definition) is 6. The zero-order valence-electron chi connectivity index (χ0n) is 15.3. The maximum atomic E-state index is 12.2. The molecule has 2 N–H and O–H groups in total. The largest absolute Gasteiger partial charge is 0.495 e. The number of carbonyl (C=O) groups excluding carboxylic acids is 2. The van der Waals surface area contributed by atoms with Crippen LogP contribution in [0.25, 0.3) is 11.0 Å². The van der Waals surface area contributed by atoms with Crippen LogP contribution >= 0.6 is 0 Å². The Kier molecular flexibility index (Phi) is 5.59. The topological polar surface area (TPSA) is 107 Å². The second-order valence-corrected chi connectivity index (χ2v) is 5.89. The van der Waals surface area contributed by atoms with Gasteiger partial charge in [0.05, 0.1) is 12.8 Å². The van der Waals surface area contributed by atoms with Crippen LogP contribution < -0.4 is 25.7 Å². The summed E-state index contributed by atoms with van der Waals surface area (Å²) in [6, 6.07) is 12.8. The predicted octanol–water partition coefficient (Wildman–Crippen LogP) is 2.78. The fourth-order valence-electron chi connectivity index (χ4n) is 2.55. The van der Waals surface area contributed by atoms with Crippen molar-refractivity contribution in [1.82, 2.24) is 0 Å². The minimum atomic E-state index is -0.461. The Morgan fingerprint density at radius 3 is 2.57 bits per heavy atom. The minimum Gasteiger partial charge on any atom is -0.495 e. The van der Waals surface area contributed by atoms with Gasteiger partial charge in [-0.2, -0.15) is 0 Å². The molecule has 0 bridgehead atoms. The quantitative estimate of drug-likeness (QED) is 0.635. The Bertz CT molecular complexity index is 1090. The first-order valence-electron chi connectivity index (χ1n) is 8.37. The number of methoxy groups -OCH3 is 1. The average Bonchev–Trinajstić information content (AvgIpc) is 2.66. The summed E-state index contributed by atoms with van der Waals surface area (Å²) in [5.74, 6) is 0.217. The van der Waals surface area contributed by atoms with Gasteiger partial charge in [0, 0.05) is 30.1 Å². The molecule has 3 aromatic rings. The Hall–Kier alpha value is -3.81. The van der Waals surface area contributed by atoms with Crippen molar-refractivity contribution in [2.45, 2.75) is 6.92 Å². The summed E-state index contributed by atoms with van der Waals surface area (Å²) in [5.41, 5.74) is 0.832. The molecule has 0 fully saturated rings. The van der Waals surface area contributed by atoms with Crippen molar-refractivity contribution in [3.63, 3.8) is 0 Å². The number of benzene rings is 2. The molecule has 0 aliphatic rings. The molecule has 144 valence electrons. The first-order valence-corrected chi connectivity index (χ1v) is 8.37. The molecule has 2 aromatic carbocycles. The van der Waals surface area contributed by atoms with Gasteiger partial charge in [0.1, 0.15) is 17.1 Å². The van der Waals surface area contributed by atoms with Crippen molar-refractivity contribution in [3.05, 3.63) is 59.0 Å². The van der Waals surface area contributed by atoms with Crippen LogP contribution in [0.1, 0.15) is 6.92 Å². The summed E-state index contributed by atoms with van der Waals surface area (Å²) >= 11 is 0. The van der Waals surface area contributed by atoms with Gasteiger partial charge in [-0.25, -0.2) is 4.79 Å². The molecule has 0 spiro atoms. The van der Waals surface area contributed by atoms with Crippen LogP contribution in [-0.2, 0) is 9.59 Å². The van der Waals surface area contributed by atoms with E-state index in [0.29, 0.717) is 28.5 Å². The number of carbonyl (C=O) groups is 2. The molecule has 0 radical (unpaired) electrons. The molecule has 0 atom stereocenters. The third-order valence-electron chi connectivity index (χ3n) is 3.76. The van der Waals surface area contributed by atoms with Crippen LogP contribution in [0.2, 0.25) is 0 Å². The molecule has 0 aliphatic heterocycles. The minimum absolute atomic E-state index is 0.246. The number of fused-ring (bicyclic) bond motifs is 1. The molecule has 1 aromatic heterocycles. The number of amides is 2. The number of nitrogens with one attached hydrogen (secondary N) is 2. The summed E-state index contributed by atoms with van der Waals surface area (Å²) in [6.07, 6.45) is 0. The Balaban J connectivity index is 1.65. The van der Waals surface area contributed by atoms with E-state index in [0.717, 1.165) is 5.39 Å². The number of rotatable bonds is 6. The molecule has 28 heavy (non-hydrogen) atoms. The van der Waals surface area contributed by atoms with Crippen molar-refractivity contribution in [1.29, 1.82) is 0 Å². The highest BCUT2D eigenvalue weighted by Crippen LogP contribution is 2.28. The van der Waals surface area contributed by atoms with E-state index < -0.39 is 11.5 Å². The van der Waals surface area contributed by atoms with Gasteiger partial charge in [0.25, 0.3) is 5.91 Å². The summed E-state index contributed by atoms with van der Waals surface area (Å²) in [6.45, 7) is 1.13. The Morgan fingerprint density at radius 1 is 1.04 bits per heavy atom. The van der Waals surface area contributed by atoms with Crippen molar-refractivity contribution >= 4 is 34.2 Å². The van der Waals surface area contributed by atoms with Gasteiger partial charge >= 0.3 is 5.63 Å². The van der Waals surface area contributed by atoms with Crippen molar-refractivity contribution < 1.29 is 23.5 Å². The van der Waals surface area contributed by atoms with Crippen LogP contribution in [-0.4, -0.2) is 25.5 Å². The van der Waals surface area contributed by atoms with Crippen molar-refractivity contribution in [2.24, 2.45) is 0 Å². The zero-order valence-corrected chi connectivity index (χ0v) is 15.3. The maximum absolute atomic E-state index is 12.2. The van der Waals surface area contributed by atoms with Crippen LogP contribution in [0.3, 0.4) is 0 Å². The monoisotopic (exact) mass is 382 g/mol. The Morgan fingerprint density at radius 2 is 1.82 bits per heavy atom. The zero-order chi connectivity index (χ0) is 20.1. The lowest BCUT2D eigenvalue weighted by Crippen LogP contribution is -2.20. The van der Waals surface area contributed by atoms with Gasteiger partial charge in [-0.3, -0.25) is 9.59 Å². The highest BCUT2D eigenvalue weighted by molar-refractivity contribution is 5.95. The van der Waals surface area contributed by atoms with Crippen LogP contribution in [0.15, 0.2) is 57.7 Å². The van der Waals surface area contributed by atoms with Gasteiger partial charge in [0.15, 0.2) is 6.61 Å². The Labute approximate surface area is 160 Å². The number of anilines is 2. The fourth-order valence-corrected chi connectivity index (χ4v) is 2.55. The lowest BCUT2D eigenvalue weighted by molar-refractivity contribution is -0.118. The van der Waals surface area contributed by atoms with Crippen LogP contribution in [0.4, 0.5) is 11.4 Å². The maximum Gasteiger partial charge on any atom is 0.336 e. The molecule has 0 unspecified atom stereocenters. The van der Waals surface area contributed by atoms with E-state index in [4.69, 9.17) is 13.9 Å². The van der Waals surface area contributed by atoms with Crippen molar-refractivity contribution in [3.8, 4) is 11.5 Å². The predicted molar refractivity (Wildman–Crippen MR) is 104 cm³/mol. The summed E-state index contributed by atoms with van der Waals surface area (Å²) in [4.78, 5) is 34.7. The molecule has 0 aliphatic carbocycles. The van der Waals surface area contributed by atoms with Gasteiger partial charge in [0.2, 0.25) is 5.91 Å². The van der Waals surface area contributed by atoms with Crippen molar-refractivity contribution in [2.75, 3.05) is 24.4 Å². The standard InChI is InChI=1S/C20H18N2O6/c1-12(23)21-16-9-14(5-7-17(16)26-2)22-19(24)11-27-15-6-3-13-4-8-20(25)28-18(13)10-15/h3-10H,11H2,1-2H3,(H,21,23)(H,22,24). The molecule has 3 rings (SSSR count). The second kappa shape index (κ2) is 8.26. The van der Waals surface area contributed by atoms with E-state index in [1.54, 1.807) is 42.5 Å². The van der Waals surface area contributed by atoms with Gasteiger partial charge in [-0.05, 0) is 36.4 Å². The molecule has 2 amide bonds. The molecule has 8 nitrogen and oxygen atoms in total. The first kappa shape index (κ1) is 19.0. The molecule has 0 saturated heterocycles. The fraction of sp³-hybridized carbons (Fsp3) is 0.150. The summed E-state index contributed by atoms with van der Waals surface area (Å²) in [7, 11) is 1.48. The van der Waals surface area contributed by atoms with Gasteiger partial charge in [-0.15, -0.1) is 0 Å². The van der Waals surface area contributed by atoms with E-state index in [1.165, 1.54) is 20.1 Å². The summed E-state index contributed by atoms with van der Waals surface area (Å²) in [5, 5.41) is 6.06. The third-order valence-corrected chi connectivity index (χ3v) is 3.76. The molecule has 0 saturated carbocycles. The van der Waals surface area contributed by atoms with E-state index in [-0.39, 0.29) is 12.5 Å². The highest BCUT2D eigenvalue weighted by atomic mass is 16.5. The van der Waals surface area contributed by atoms with Crippen LogP contribution in [0.5, 0.6) is 11.5 Å². The normalized spacial score (nSPS) is 10.4. The lowest BCUT2D eigenvalue weighted by atomic mass is 10.2. The highest BCUT2D eigenvalue weighted by Gasteiger charge is 2.09. The molecule has 1 heterocycles. The average molecular weight is 382 g/mol. The first-order chi connectivity index (χ1) is 13.4. The molecular weight excluding hydrogens is 364 g/mol. The smallest absolute Gasteiger partial charge is 0.336 e. The molecular formula is C20H18N2O6. The summed E-state index contributed by atoms with van der Waals surface area (Å²) < 4.78 is 15.7. The van der Waals surface area contributed by atoms with E-state index in [9.17, 15) is 14.4 Å². The van der Waals surface area contributed by atoms with Gasteiger partial charge in [-0.1, -0.05) is 0 Å². The second-order valence-electron chi connectivity index (χ2n) is 5.89. The SMILES string of the molecule is COc1ccc(NC(=O)COc2ccc3ccc(=O)oc3c2)cc1NC(C)=O. The molecule has 8 heteroatoms. The van der Waals surface area contributed by atoms with Gasteiger partial charge < -0.3 is 24.5 Å². The van der Waals surface area contributed by atoms with E-state index >= 15 is 0 Å². The van der Waals surface area contributed by atoms with E-state index in [1.807, 2.05) is 0 Å².